The maximum atomic E-state index is 13.6. The monoisotopic (exact) mass is 301 g/mol. The van der Waals surface area contributed by atoms with Gasteiger partial charge in [-0.2, -0.15) is 0 Å². The van der Waals surface area contributed by atoms with E-state index in [2.05, 4.69) is 22.5 Å². The van der Waals surface area contributed by atoms with Gasteiger partial charge in [0.2, 0.25) is 0 Å². The zero-order chi connectivity index (χ0) is 15.8. The molecule has 0 fully saturated rings. The van der Waals surface area contributed by atoms with Crippen LogP contribution in [-0.4, -0.2) is 17.4 Å². The number of hydrogen-bond donors (Lipinski definition) is 2. The molecular weight excluding hydrogens is 281 g/mol. The Hall–Kier alpha value is -2.43. The molecule has 1 amide bonds. The second kappa shape index (κ2) is 8.12. The molecule has 1 aromatic heterocycles. The highest BCUT2D eigenvalue weighted by Gasteiger charge is 2.07. The lowest BCUT2D eigenvalue weighted by molar-refractivity contribution is 0.0952. The molecule has 0 bridgehead atoms. The zero-order valence-corrected chi connectivity index (χ0v) is 12.6. The number of pyridine rings is 1. The zero-order valence-electron chi connectivity index (χ0n) is 12.6. The van der Waals surface area contributed by atoms with Crippen molar-refractivity contribution in [1.29, 1.82) is 0 Å². The SMILES string of the molecule is CCCCCNC(=O)c1cncc(Nc2ccccc2F)c1. The molecule has 1 heterocycles. The molecule has 0 atom stereocenters. The van der Waals surface area contributed by atoms with E-state index in [0.29, 0.717) is 23.5 Å². The van der Waals surface area contributed by atoms with E-state index in [9.17, 15) is 9.18 Å². The van der Waals surface area contributed by atoms with Gasteiger partial charge in [0, 0.05) is 12.7 Å². The predicted molar refractivity (Wildman–Crippen MR) is 85.8 cm³/mol. The molecular formula is C17H20FN3O. The van der Waals surface area contributed by atoms with Crippen LogP contribution < -0.4 is 10.6 Å². The molecule has 0 saturated heterocycles. The van der Waals surface area contributed by atoms with Crippen molar-refractivity contribution in [2.75, 3.05) is 11.9 Å². The summed E-state index contributed by atoms with van der Waals surface area (Å²) in [5.41, 5.74) is 1.38. The predicted octanol–water partition coefficient (Wildman–Crippen LogP) is 3.88. The van der Waals surface area contributed by atoms with E-state index in [1.165, 1.54) is 12.3 Å². The summed E-state index contributed by atoms with van der Waals surface area (Å²) in [6.45, 7) is 2.77. The first-order chi connectivity index (χ1) is 10.7. The van der Waals surface area contributed by atoms with Crippen LogP contribution in [0.25, 0.3) is 0 Å². The van der Waals surface area contributed by atoms with Gasteiger partial charge in [-0.1, -0.05) is 31.9 Å². The van der Waals surface area contributed by atoms with E-state index in [0.717, 1.165) is 19.3 Å². The summed E-state index contributed by atoms with van der Waals surface area (Å²) in [4.78, 5) is 16.1. The van der Waals surface area contributed by atoms with Gasteiger partial charge in [-0.25, -0.2) is 4.39 Å². The Morgan fingerprint density at radius 2 is 2.05 bits per heavy atom. The lowest BCUT2D eigenvalue weighted by atomic mass is 10.2. The number of hydrogen-bond acceptors (Lipinski definition) is 3. The molecule has 0 spiro atoms. The first-order valence-corrected chi connectivity index (χ1v) is 7.45. The van der Waals surface area contributed by atoms with Crippen molar-refractivity contribution in [1.82, 2.24) is 10.3 Å². The molecule has 2 aromatic rings. The molecule has 0 radical (unpaired) electrons. The van der Waals surface area contributed by atoms with Crippen molar-refractivity contribution in [3.8, 4) is 0 Å². The Morgan fingerprint density at radius 1 is 1.23 bits per heavy atom. The Bertz CT molecular complexity index is 631. The average molecular weight is 301 g/mol. The number of amides is 1. The van der Waals surface area contributed by atoms with E-state index in [1.807, 2.05) is 0 Å². The summed E-state index contributed by atoms with van der Waals surface area (Å²) in [6.07, 6.45) is 6.22. The quantitative estimate of drug-likeness (QED) is 0.763. The van der Waals surface area contributed by atoms with E-state index in [-0.39, 0.29) is 11.7 Å². The lowest BCUT2D eigenvalue weighted by Gasteiger charge is -2.09. The molecule has 2 rings (SSSR count). The third-order valence-electron chi connectivity index (χ3n) is 3.22. The maximum absolute atomic E-state index is 13.6. The highest BCUT2D eigenvalue weighted by molar-refractivity contribution is 5.94. The van der Waals surface area contributed by atoms with Gasteiger partial charge in [-0.05, 0) is 24.6 Å². The van der Waals surface area contributed by atoms with Gasteiger partial charge in [0.15, 0.2) is 0 Å². The fraction of sp³-hybridized carbons (Fsp3) is 0.294. The van der Waals surface area contributed by atoms with E-state index in [1.54, 1.807) is 30.5 Å². The van der Waals surface area contributed by atoms with Gasteiger partial charge in [0.1, 0.15) is 5.82 Å². The van der Waals surface area contributed by atoms with Crippen molar-refractivity contribution >= 4 is 17.3 Å². The number of aromatic nitrogens is 1. The number of unbranched alkanes of at least 4 members (excludes halogenated alkanes) is 2. The molecule has 0 aliphatic rings. The molecule has 5 heteroatoms. The fourth-order valence-corrected chi connectivity index (χ4v) is 2.03. The van der Waals surface area contributed by atoms with Gasteiger partial charge in [0.05, 0.1) is 23.1 Å². The van der Waals surface area contributed by atoms with Crippen LogP contribution in [0.1, 0.15) is 36.5 Å². The minimum Gasteiger partial charge on any atom is -0.352 e. The number of benzene rings is 1. The third-order valence-corrected chi connectivity index (χ3v) is 3.22. The van der Waals surface area contributed by atoms with Gasteiger partial charge < -0.3 is 10.6 Å². The van der Waals surface area contributed by atoms with Crippen molar-refractivity contribution in [2.45, 2.75) is 26.2 Å². The van der Waals surface area contributed by atoms with Crippen LogP contribution in [0.4, 0.5) is 15.8 Å². The molecule has 2 N–H and O–H groups in total. The van der Waals surface area contributed by atoms with E-state index in [4.69, 9.17) is 0 Å². The summed E-state index contributed by atoms with van der Waals surface area (Å²) >= 11 is 0. The number of para-hydroxylation sites is 1. The molecule has 116 valence electrons. The Balaban J connectivity index is 2.00. The smallest absolute Gasteiger partial charge is 0.252 e. The summed E-state index contributed by atoms with van der Waals surface area (Å²) in [5.74, 6) is -0.516. The van der Waals surface area contributed by atoms with Crippen molar-refractivity contribution in [3.63, 3.8) is 0 Å². The second-order valence-corrected chi connectivity index (χ2v) is 5.03. The highest BCUT2D eigenvalue weighted by atomic mass is 19.1. The minimum atomic E-state index is -0.350. The van der Waals surface area contributed by atoms with Gasteiger partial charge in [-0.15, -0.1) is 0 Å². The van der Waals surface area contributed by atoms with Crippen molar-refractivity contribution in [2.24, 2.45) is 0 Å². The van der Waals surface area contributed by atoms with Crippen molar-refractivity contribution in [3.05, 3.63) is 54.1 Å². The van der Waals surface area contributed by atoms with Crippen LogP contribution in [-0.2, 0) is 0 Å². The molecule has 1 aromatic carbocycles. The lowest BCUT2D eigenvalue weighted by Crippen LogP contribution is -2.24. The summed E-state index contributed by atoms with van der Waals surface area (Å²) in [7, 11) is 0. The van der Waals surface area contributed by atoms with Crippen molar-refractivity contribution < 1.29 is 9.18 Å². The number of nitrogens with zero attached hydrogens (tertiary/aromatic N) is 1. The number of carbonyl (C=O) groups excluding carboxylic acids is 1. The fourth-order valence-electron chi connectivity index (χ4n) is 2.03. The largest absolute Gasteiger partial charge is 0.352 e. The molecule has 4 nitrogen and oxygen atoms in total. The number of carbonyl (C=O) groups is 1. The van der Waals surface area contributed by atoms with Crippen LogP contribution >= 0.6 is 0 Å². The first-order valence-electron chi connectivity index (χ1n) is 7.45. The summed E-state index contributed by atoms with van der Waals surface area (Å²) < 4.78 is 13.6. The van der Waals surface area contributed by atoms with Crippen LogP contribution in [0.5, 0.6) is 0 Å². The summed E-state index contributed by atoms with van der Waals surface area (Å²) in [5, 5.41) is 5.78. The minimum absolute atomic E-state index is 0.166. The molecule has 0 aliphatic carbocycles. The molecule has 0 aliphatic heterocycles. The Morgan fingerprint density at radius 3 is 2.82 bits per heavy atom. The normalized spacial score (nSPS) is 10.3. The maximum Gasteiger partial charge on any atom is 0.252 e. The van der Waals surface area contributed by atoms with Crippen LogP contribution in [0.3, 0.4) is 0 Å². The second-order valence-electron chi connectivity index (χ2n) is 5.03. The number of nitrogens with one attached hydrogen (secondary N) is 2. The topological polar surface area (TPSA) is 54.0 Å². The van der Waals surface area contributed by atoms with Gasteiger partial charge in [-0.3, -0.25) is 9.78 Å². The van der Waals surface area contributed by atoms with Gasteiger partial charge in [0.25, 0.3) is 5.91 Å². The number of halogens is 1. The third kappa shape index (κ3) is 4.55. The van der Waals surface area contributed by atoms with E-state index < -0.39 is 0 Å². The number of anilines is 2. The first kappa shape index (κ1) is 15.9. The molecule has 0 unspecified atom stereocenters. The number of rotatable bonds is 7. The Labute approximate surface area is 129 Å². The molecule has 0 saturated carbocycles. The Kier molecular flexibility index (Phi) is 5.89. The van der Waals surface area contributed by atoms with E-state index >= 15 is 0 Å². The highest BCUT2D eigenvalue weighted by Crippen LogP contribution is 2.19. The van der Waals surface area contributed by atoms with Crippen LogP contribution in [0, 0.1) is 5.82 Å². The van der Waals surface area contributed by atoms with Crippen LogP contribution in [0.2, 0.25) is 0 Å². The van der Waals surface area contributed by atoms with Gasteiger partial charge >= 0.3 is 0 Å². The summed E-state index contributed by atoms with van der Waals surface area (Å²) in [6, 6.07) is 8.03. The standard InChI is InChI=1S/C17H20FN3O/c1-2-3-6-9-20-17(22)13-10-14(12-19-11-13)21-16-8-5-4-7-15(16)18/h4-5,7-8,10-12,21H,2-3,6,9H2,1H3,(H,20,22). The average Bonchev–Trinajstić information content (AvgIpc) is 2.54. The van der Waals surface area contributed by atoms with Crippen LogP contribution in [0.15, 0.2) is 42.7 Å². The molecule has 22 heavy (non-hydrogen) atoms.